The largest absolute Gasteiger partial charge is 0.472 e. The van der Waals surface area contributed by atoms with Crippen LogP contribution in [-0.4, -0.2) is 20.7 Å². The molecule has 0 aromatic heterocycles. The predicted octanol–water partition coefficient (Wildman–Crippen LogP) is 2.90. The van der Waals surface area contributed by atoms with Crippen LogP contribution >= 0.6 is 7.82 Å². The first kappa shape index (κ1) is 18.1. The Kier molecular flexibility index (Phi) is 7.04. The Morgan fingerprint density at radius 1 is 1.06 bits per heavy atom. The van der Waals surface area contributed by atoms with Crippen molar-refractivity contribution < 1.29 is 24.0 Å². The highest BCUT2D eigenvalue weighted by atomic mass is 31.2. The van der Waals surface area contributed by atoms with Gasteiger partial charge in [0.1, 0.15) is 0 Å². The molecule has 2 unspecified atom stereocenters. The zero-order valence-electron chi connectivity index (χ0n) is 12.0. The molecule has 2 atom stereocenters. The fraction of sp³-hybridized carbons (Fsp3) is 1.00. The van der Waals surface area contributed by atoms with Crippen molar-refractivity contribution >= 4 is 7.82 Å². The van der Waals surface area contributed by atoms with Gasteiger partial charge in [0.2, 0.25) is 0 Å². The van der Waals surface area contributed by atoms with Crippen molar-refractivity contribution in [1.29, 1.82) is 0 Å². The van der Waals surface area contributed by atoms with Crippen LogP contribution in [0.5, 0.6) is 0 Å². The molecule has 18 heavy (non-hydrogen) atoms. The van der Waals surface area contributed by atoms with Gasteiger partial charge < -0.3 is 14.9 Å². The maximum absolute atomic E-state index is 10.9. The van der Waals surface area contributed by atoms with E-state index in [0.717, 1.165) is 6.42 Å². The van der Waals surface area contributed by atoms with Crippen molar-refractivity contribution in [2.24, 2.45) is 17.8 Å². The summed E-state index contributed by atoms with van der Waals surface area (Å²) in [5, 5.41) is 10.3. The lowest BCUT2D eigenvalue weighted by atomic mass is 9.89. The molecule has 0 bridgehead atoms. The SMILES string of the molecule is CC(C)CC(C)CC(O)(CC(C)C)OP(=O)(O)O. The van der Waals surface area contributed by atoms with Gasteiger partial charge in [-0.05, 0) is 24.2 Å². The molecule has 0 aliphatic rings. The zero-order chi connectivity index (χ0) is 14.6. The zero-order valence-corrected chi connectivity index (χ0v) is 12.9. The summed E-state index contributed by atoms with van der Waals surface area (Å²) in [5.41, 5.74) is 0. The van der Waals surface area contributed by atoms with Crippen LogP contribution in [0.4, 0.5) is 0 Å². The van der Waals surface area contributed by atoms with E-state index >= 15 is 0 Å². The minimum absolute atomic E-state index is 0.0906. The van der Waals surface area contributed by atoms with Crippen LogP contribution in [0.3, 0.4) is 0 Å². The van der Waals surface area contributed by atoms with Gasteiger partial charge in [-0.3, -0.25) is 4.52 Å². The highest BCUT2D eigenvalue weighted by molar-refractivity contribution is 7.46. The predicted molar refractivity (Wildman–Crippen MR) is 70.8 cm³/mol. The van der Waals surface area contributed by atoms with Gasteiger partial charge in [0.05, 0.1) is 0 Å². The maximum Gasteiger partial charge on any atom is 0.472 e. The lowest BCUT2D eigenvalue weighted by Crippen LogP contribution is -2.35. The van der Waals surface area contributed by atoms with Crippen LogP contribution in [0.15, 0.2) is 0 Å². The van der Waals surface area contributed by atoms with Gasteiger partial charge in [0, 0.05) is 12.8 Å². The summed E-state index contributed by atoms with van der Waals surface area (Å²) >= 11 is 0. The molecule has 3 N–H and O–H groups in total. The third kappa shape index (κ3) is 9.06. The summed E-state index contributed by atoms with van der Waals surface area (Å²) in [7, 11) is -4.68. The van der Waals surface area contributed by atoms with E-state index in [2.05, 4.69) is 18.4 Å². The van der Waals surface area contributed by atoms with E-state index in [1.165, 1.54) is 0 Å². The van der Waals surface area contributed by atoms with Crippen LogP contribution < -0.4 is 0 Å². The first-order chi connectivity index (χ1) is 7.93. The molecule has 6 heteroatoms. The number of phosphoric acid groups is 1. The molecule has 110 valence electrons. The van der Waals surface area contributed by atoms with Gasteiger partial charge in [-0.1, -0.05) is 34.6 Å². The number of phosphoric ester groups is 1. The van der Waals surface area contributed by atoms with Crippen molar-refractivity contribution in [3.8, 4) is 0 Å². The van der Waals surface area contributed by atoms with E-state index in [4.69, 9.17) is 9.79 Å². The normalized spacial score (nSPS) is 18.1. The summed E-state index contributed by atoms with van der Waals surface area (Å²) in [6.07, 6.45) is 1.32. The molecule has 0 saturated heterocycles. The molecule has 0 fully saturated rings. The molecule has 0 heterocycles. The third-order valence-corrected chi connectivity index (χ3v) is 3.13. The van der Waals surface area contributed by atoms with Crippen molar-refractivity contribution in [2.75, 3.05) is 0 Å². The smallest absolute Gasteiger partial charge is 0.365 e. The molecule has 0 spiro atoms. The summed E-state index contributed by atoms with van der Waals surface area (Å²) in [4.78, 5) is 17.8. The molecule has 0 amide bonds. The maximum atomic E-state index is 10.9. The Labute approximate surface area is 110 Å². The van der Waals surface area contributed by atoms with Crippen molar-refractivity contribution in [3.05, 3.63) is 0 Å². The van der Waals surface area contributed by atoms with Crippen LogP contribution in [0.2, 0.25) is 0 Å². The first-order valence-electron chi connectivity index (χ1n) is 6.42. The number of hydrogen-bond donors (Lipinski definition) is 3. The van der Waals surface area contributed by atoms with Gasteiger partial charge in [-0.2, -0.15) is 0 Å². The first-order valence-corrected chi connectivity index (χ1v) is 7.95. The summed E-state index contributed by atoms with van der Waals surface area (Å²) in [5.74, 6) is -1.05. The fourth-order valence-electron chi connectivity index (χ4n) is 2.45. The third-order valence-electron chi connectivity index (χ3n) is 2.56. The molecular weight excluding hydrogens is 255 g/mol. The van der Waals surface area contributed by atoms with Crippen LogP contribution in [0.1, 0.15) is 53.9 Å². The standard InChI is InChI=1S/C12H27O5P/c1-9(2)6-11(5)8-12(13,7-10(3)4)17-18(14,15)16/h9-11,13H,6-8H2,1-5H3,(H2,14,15,16). The highest BCUT2D eigenvalue weighted by Gasteiger charge is 2.37. The average molecular weight is 282 g/mol. The fourth-order valence-corrected chi connectivity index (χ4v) is 3.04. The Balaban J connectivity index is 4.71. The Hall–Kier alpha value is 0.0700. The highest BCUT2D eigenvalue weighted by Crippen LogP contribution is 2.45. The Bertz CT molecular complexity index is 286. The van der Waals surface area contributed by atoms with Crippen molar-refractivity contribution in [3.63, 3.8) is 0 Å². The van der Waals surface area contributed by atoms with Gasteiger partial charge in [0.15, 0.2) is 5.79 Å². The molecule has 0 aromatic rings. The summed E-state index contributed by atoms with van der Waals surface area (Å²) in [6, 6.07) is 0. The van der Waals surface area contributed by atoms with E-state index < -0.39 is 13.6 Å². The molecule has 0 saturated carbocycles. The summed E-state index contributed by atoms with van der Waals surface area (Å²) < 4.78 is 15.6. The van der Waals surface area contributed by atoms with Crippen molar-refractivity contribution in [2.45, 2.75) is 59.7 Å². The van der Waals surface area contributed by atoms with E-state index in [0.29, 0.717) is 5.92 Å². The second-order valence-electron chi connectivity index (χ2n) is 6.06. The van der Waals surface area contributed by atoms with E-state index in [9.17, 15) is 9.67 Å². The lowest BCUT2D eigenvalue weighted by molar-refractivity contribution is -0.172. The molecule has 0 aromatic carbocycles. The number of hydrogen-bond acceptors (Lipinski definition) is 3. The number of aliphatic hydroxyl groups is 1. The molecule has 0 aliphatic carbocycles. The molecule has 5 nitrogen and oxygen atoms in total. The molecular formula is C12H27O5P. The number of rotatable bonds is 8. The molecule has 0 aliphatic heterocycles. The van der Waals surface area contributed by atoms with E-state index in [-0.39, 0.29) is 24.7 Å². The Morgan fingerprint density at radius 2 is 1.56 bits per heavy atom. The quantitative estimate of drug-likeness (QED) is 0.470. The van der Waals surface area contributed by atoms with Gasteiger partial charge in [0.25, 0.3) is 0 Å². The van der Waals surface area contributed by atoms with Crippen LogP contribution in [0, 0.1) is 17.8 Å². The van der Waals surface area contributed by atoms with Gasteiger partial charge in [-0.15, -0.1) is 0 Å². The van der Waals surface area contributed by atoms with Crippen LogP contribution in [0.25, 0.3) is 0 Å². The molecule has 0 radical (unpaired) electrons. The second kappa shape index (κ2) is 7.01. The van der Waals surface area contributed by atoms with Gasteiger partial charge in [-0.25, -0.2) is 4.57 Å². The van der Waals surface area contributed by atoms with Crippen molar-refractivity contribution in [1.82, 2.24) is 0 Å². The van der Waals surface area contributed by atoms with E-state index in [1.54, 1.807) is 0 Å². The molecule has 0 rings (SSSR count). The minimum atomic E-state index is -4.68. The van der Waals surface area contributed by atoms with Crippen LogP contribution in [-0.2, 0) is 9.09 Å². The lowest BCUT2D eigenvalue weighted by Gasteiger charge is -2.32. The van der Waals surface area contributed by atoms with Gasteiger partial charge >= 0.3 is 7.82 Å². The Morgan fingerprint density at radius 3 is 1.89 bits per heavy atom. The summed E-state index contributed by atoms with van der Waals surface area (Å²) in [6.45, 7) is 9.85. The second-order valence-corrected chi connectivity index (χ2v) is 7.23. The van der Waals surface area contributed by atoms with E-state index in [1.807, 2.05) is 20.8 Å². The average Bonchev–Trinajstić information content (AvgIpc) is 1.92. The topological polar surface area (TPSA) is 87.0 Å². The monoisotopic (exact) mass is 282 g/mol. The minimum Gasteiger partial charge on any atom is -0.365 e.